The zero-order valence-electron chi connectivity index (χ0n) is 16.6. The lowest BCUT2D eigenvalue weighted by molar-refractivity contribution is 0.0139. The lowest BCUT2D eigenvalue weighted by Gasteiger charge is -2.35. The molecule has 1 heterocycles. The molecular weight excluding hydrogens is 314 g/mol. The van der Waals surface area contributed by atoms with Crippen molar-refractivity contribution in [3.8, 4) is 0 Å². The fourth-order valence-electron chi connectivity index (χ4n) is 2.93. The molecule has 0 N–H and O–H groups in total. The summed E-state index contributed by atoms with van der Waals surface area (Å²) in [6.45, 7) is 15.2. The number of benzene rings is 1. The van der Waals surface area contributed by atoms with Crippen LogP contribution in [0.5, 0.6) is 0 Å². The number of hydrogen-bond acceptors (Lipinski definition) is 4. The van der Waals surface area contributed by atoms with Crippen LogP contribution in [0, 0.1) is 6.92 Å². The van der Waals surface area contributed by atoms with Gasteiger partial charge in [-0.15, -0.1) is 0 Å². The molecule has 0 aromatic heterocycles. The first kappa shape index (κ1) is 19.6. The SMILES string of the molecule is CCN(C)c1ccc(CN2CCN(C(=O)OC(C)(C)C)CC2)c(C)c1. The molecule has 1 saturated heterocycles. The maximum atomic E-state index is 12.1. The zero-order valence-corrected chi connectivity index (χ0v) is 16.6. The fraction of sp³-hybridized carbons (Fsp3) is 0.650. The summed E-state index contributed by atoms with van der Waals surface area (Å²) in [5.41, 5.74) is 3.52. The van der Waals surface area contributed by atoms with Gasteiger partial charge in [-0.25, -0.2) is 4.79 Å². The predicted molar refractivity (Wildman–Crippen MR) is 103 cm³/mol. The van der Waals surface area contributed by atoms with Crippen LogP contribution in [0.25, 0.3) is 0 Å². The lowest BCUT2D eigenvalue weighted by atomic mass is 10.1. The van der Waals surface area contributed by atoms with Crippen molar-refractivity contribution in [2.24, 2.45) is 0 Å². The van der Waals surface area contributed by atoms with Crippen molar-refractivity contribution in [3.05, 3.63) is 29.3 Å². The third-order valence-corrected chi connectivity index (χ3v) is 4.66. The van der Waals surface area contributed by atoms with Crippen LogP contribution in [0.3, 0.4) is 0 Å². The summed E-state index contributed by atoms with van der Waals surface area (Å²) in [6.07, 6.45) is -0.199. The molecule has 25 heavy (non-hydrogen) atoms. The van der Waals surface area contributed by atoms with Crippen molar-refractivity contribution in [2.75, 3.05) is 44.7 Å². The van der Waals surface area contributed by atoms with Crippen molar-refractivity contribution in [2.45, 2.75) is 46.8 Å². The van der Waals surface area contributed by atoms with E-state index < -0.39 is 5.60 Å². The van der Waals surface area contributed by atoms with Gasteiger partial charge < -0.3 is 14.5 Å². The Morgan fingerprint density at radius 1 is 1.20 bits per heavy atom. The number of hydrogen-bond donors (Lipinski definition) is 0. The Bertz CT molecular complexity index is 587. The first-order valence-electron chi connectivity index (χ1n) is 9.20. The minimum absolute atomic E-state index is 0.199. The van der Waals surface area contributed by atoms with Crippen LogP contribution in [-0.4, -0.2) is 61.3 Å². The van der Waals surface area contributed by atoms with Gasteiger partial charge in [0.25, 0.3) is 0 Å². The molecule has 2 rings (SSSR count). The standard InChI is InChI=1S/C20H33N3O2/c1-7-21(6)18-9-8-17(16(2)14-18)15-22-10-12-23(13-11-22)19(24)25-20(3,4)5/h8-9,14H,7,10-13,15H2,1-6H3. The predicted octanol–water partition coefficient (Wildman–Crippen LogP) is 3.50. The van der Waals surface area contributed by atoms with E-state index in [9.17, 15) is 4.79 Å². The van der Waals surface area contributed by atoms with E-state index in [1.807, 2.05) is 25.7 Å². The highest BCUT2D eigenvalue weighted by Crippen LogP contribution is 2.20. The Morgan fingerprint density at radius 3 is 2.36 bits per heavy atom. The maximum Gasteiger partial charge on any atom is 0.410 e. The Kier molecular flexibility index (Phi) is 6.33. The Labute approximate surface area is 152 Å². The summed E-state index contributed by atoms with van der Waals surface area (Å²) in [6, 6.07) is 6.69. The van der Waals surface area contributed by atoms with Gasteiger partial charge in [0.15, 0.2) is 0 Å². The van der Waals surface area contributed by atoms with Crippen LogP contribution in [0.2, 0.25) is 0 Å². The second-order valence-corrected chi connectivity index (χ2v) is 7.87. The zero-order chi connectivity index (χ0) is 18.6. The molecule has 1 aliphatic rings. The van der Waals surface area contributed by atoms with E-state index in [-0.39, 0.29) is 6.09 Å². The molecule has 0 radical (unpaired) electrons. The van der Waals surface area contributed by atoms with Gasteiger partial charge in [0, 0.05) is 52.0 Å². The van der Waals surface area contributed by atoms with E-state index in [2.05, 4.69) is 48.9 Å². The van der Waals surface area contributed by atoms with Crippen molar-refractivity contribution in [3.63, 3.8) is 0 Å². The summed E-state index contributed by atoms with van der Waals surface area (Å²) in [5.74, 6) is 0. The highest BCUT2D eigenvalue weighted by molar-refractivity contribution is 5.68. The van der Waals surface area contributed by atoms with Crippen LogP contribution in [-0.2, 0) is 11.3 Å². The number of piperazine rings is 1. The Morgan fingerprint density at radius 2 is 1.84 bits per heavy atom. The van der Waals surface area contributed by atoms with Gasteiger partial charge in [0.1, 0.15) is 5.60 Å². The number of amides is 1. The monoisotopic (exact) mass is 347 g/mol. The van der Waals surface area contributed by atoms with E-state index in [4.69, 9.17) is 4.74 Å². The van der Waals surface area contributed by atoms with Gasteiger partial charge in [-0.3, -0.25) is 4.90 Å². The average molecular weight is 348 g/mol. The smallest absolute Gasteiger partial charge is 0.410 e. The maximum absolute atomic E-state index is 12.1. The summed E-state index contributed by atoms with van der Waals surface area (Å²) < 4.78 is 5.46. The van der Waals surface area contributed by atoms with Gasteiger partial charge in [-0.2, -0.15) is 0 Å². The molecule has 5 heteroatoms. The largest absolute Gasteiger partial charge is 0.444 e. The van der Waals surface area contributed by atoms with Gasteiger partial charge in [0.05, 0.1) is 0 Å². The first-order valence-corrected chi connectivity index (χ1v) is 9.20. The summed E-state index contributed by atoms with van der Waals surface area (Å²) in [7, 11) is 2.12. The van der Waals surface area contributed by atoms with Crippen molar-refractivity contribution in [1.29, 1.82) is 0 Å². The third kappa shape index (κ3) is 5.63. The molecule has 0 bridgehead atoms. The summed E-state index contributed by atoms with van der Waals surface area (Å²) in [5, 5.41) is 0. The second kappa shape index (κ2) is 8.09. The number of carbonyl (C=O) groups excluding carboxylic acids is 1. The lowest BCUT2D eigenvalue weighted by Crippen LogP contribution is -2.49. The van der Waals surface area contributed by atoms with E-state index in [1.54, 1.807) is 0 Å². The number of rotatable bonds is 4. The second-order valence-electron chi connectivity index (χ2n) is 7.87. The molecule has 140 valence electrons. The van der Waals surface area contributed by atoms with Crippen molar-refractivity contribution >= 4 is 11.8 Å². The molecule has 1 fully saturated rings. The molecule has 1 amide bonds. The van der Waals surface area contributed by atoms with E-state index >= 15 is 0 Å². The van der Waals surface area contributed by atoms with Gasteiger partial charge in [-0.1, -0.05) is 6.07 Å². The highest BCUT2D eigenvalue weighted by Gasteiger charge is 2.25. The Balaban J connectivity index is 1.89. The van der Waals surface area contributed by atoms with Gasteiger partial charge in [-0.05, 0) is 57.9 Å². The van der Waals surface area contributed by atoms with Gasteiger partial charge in [0.2, 0.25) is 0 Å². The van der Waals surface area contributed by atoms with Crippen LogP contribution >= 0.6 is 0 Å². The van der Waals surface area contributed by atoms with Crippen molar-refractivity contribution in [1.82, 2.24) is 9.80 Å². The molecule has 0 unspecified atom stereocenters. The normalized spacial score (nSPS) is 16.0. The van der Waals surface area contributed by atoms with Crippen LogP contribution < -0.4 is 4.90 Å². The molecular formula is C20H33N3O2. The van der Waals surface area contributed by atoms with Crippen LogP contribution in [0.15, 0.2) is 18.2 Å². The molecule has 0 saturated carbocycles. The number of aryl methyl sites for hydroxylation is 1. The molecule has 0 aliphatic carbocycles. The number of carbonyl (C=O) groups is 1. The minimum atomic E-state index is -0.432. The molecule has 5 nitrogen and oxygen atoms in total. The van der Waals surface area contributed by atoms with E-state index in [1.165, 1.54) is 16.8 Å². The summed E-state index contributed by atoms with van der Waals surface area (Å²) in [4.78, 5) is 18.6. The molecule has 1 aliphatic heterocycles. The average Bonchev–Trinajstić information content (AvgIpc) is 2.55. The summed E-state index contributed by atoms with van der Waals surface area (Å²) >= 11 is 0. The topological polar surface area (TPSA) is 36.0 Å². The molecule has 0 atom stereocenters. The van der Waals surface area contributed by atoms with Gasteiger partial charge >= 0.3 is 6.09 Å². The van der Waals surface area contributed by atoms with E-state index in [0.717, 1.165) is 39.3 Å². The molecule has 1 aromatic rings. The quantitative estimate of drug-likeness (QED) is 0.835. The van der Waals surface area contributed by atoms with Crippen molar-refractivity contribution < 1.29 is 9.53 Å². The highest BCUT2D eigenvalue weighted by atomic mass is 16.6. The van der Waals surface area contributed by atoms with Crippen LogP contribution in [0.4, 0.5) is 10.5 Å². The number of nitrogens with zero attached hydrogens (tertiary/aromatic N) is 3. The Hall–Kier alpha value is -1.75. The number of anilines is 1. The molecule has 0 spiro atoms. The molecule has 1 aromatic carbocycles. The van der Waals surface area contributed by atoms with E-state index in [0.29, 0.717) is 0 Å². The number of ether oxygens (including phenoxy) is 1. The minimum Gasteiger partial charge on any atom is -0.444 e. The first-order chi connectivity index (χ1) is 11.7. The third-order valence-electron chi connectivity index (χ3n) is 4.66. The fourth-order valence-corrected chi connectivity index (χ4v) is 2.93. The van der Waals surface area contributed by atoms with Crippen LogP contribution in [0.1, 0.15) is 38.8 Å².